The maximum Gasteiger partial charge on any atom is 0.333 e. The van der Waals surface area contributed by atoms with Crippen molar-refractivity contribution in [3.63, 3.8) is 0 Å². The smallest absolute Gasteiger partial charge is 0.333 e. The average Bonchev–Trinajstić information content (AvgIpc) is 3.33. The highest BCUT2D eigenvalue weighted by Crippen LogP contribution is 2.13. The Morgan fingerprint density at radius 1 is 0.667 bits per heavy atom. The molecule has 4 N–H and O–H groups in total. The lowest BCUT2D eigenvalue weighted by atomic mass is 10.1. The summed E-state index contributed by atoms with van der Waals surface area (Å²) in [6.07, 6.45) is -4.96. The van der Waals surface area contributed by atoms with Crippen LogP contribution in [0.5, 0.6) is 0 Å². The lowest BCUT2D eigenvalue weighted by Gasteiger charge is -2.17. The van der Waals surface area contributed by atoms with Crippen molar-refractivity contribution in [3.05, 3.63) is 0 Å². The van der Waals surface area contributed by atoms with Crippen LogP contribution in [0.15, 0.2) is 0 Å². The van der Waals surface area contributed by atoms with E-state index in [1.165, 1.54) is 0 Å². The predicted molar refractivity (Wildman–Crippen MR) is 111 cm³/mol. The minimum absolute atomic E-state index is 0.0144. The fourth-order valence-electron chi connectivity index (χ4n) is 3.00. The number of nitrogens with zero attached hydrogens (tertiary/aromatic N) is 2. The number of rotatable bonds is 13. The Hall–Kier alpha value is -3.92. The third-order valence-electron chi connectivity index (χ3n) is 4.95. The van der Waals surface area contributed by atoms with Crippen molar-refractivity contribution in [2.75, 3.05) is 13.1 Å². The van der Waals surface area contributed by atoms with Gasteiger partial charge in [-0.2, -0.15) is 0 Å². The van der Waals surface area contributed by atoms with Crippen molar-refractivity contribution in [3.8, 4) is 0 Å². The van der Waals surface area contributed by atoms with Crippen LogP contribution in [0.4, 0.5) is 0 Å². The van der Waals surface area contributed by atoms with Gasteiger partial charge in [-0.05, 0) is 12.8 Å². The van der Waals surface area contributed by atoms with Crippen LogP contribution >= 0.6 is 0 Å². The molecule has 16 heteroatoms. The van der Waals surface area contributed by atoms with Gasteiger partial charge < -0.3 is 30.5 Å². The summed E-state index contributed by atoms with van der Waals surface area (Å²) in [4.78, 5) is 102. The van der Waals surface area contributed by atoms with Crippen molar-refractivity contribution in [1.82, 2.24) is 20.8 Å². The number of nitrogens with one attached hydrogen (secondary N) is 2. The first kappa shape index (κ1) is 28.3. The molecule has 2 fully saturated rings. The van der Waals surface area contributed by atoms with Crippen LogP contribution in [0.1, 0.15) is 51.4 Å². The van der Waals surface area contributed by atoms with Crippen LogP contribution in [0, 0.1) is 0 Å². The highest BCUT2D eigenvalue weighted by molar-refractivity contribution is 6.02. The van der Waals surface area contributed by atoms with Gasteiger partial charge >= 0.3 is 11.9 Å². The third kappa shape index (κ3) is 8.09. The zero-order valence-electron chi connectivity index (χ0n) is 19.1. The van der Waals surface area contributed by atoms with E-state index < -0.39 is 59.6 Å². The van der Waals surface area contributed by atoms with Crippen molar-refractivity contribution in [2.45, 2.75) is 63.6 Å². The minimum Gasteiger partial charge on any atom is -0.380 e. The summed E-state index contributed by atoms with van der Waals surface area (Å²) in [7, 11) is 0. The fourth-order valence-corrected chi connectivity index (χ4v) is 3.00. The van der Waals surface area contributed by atoms with Crippen molar-refractivity contribution < 1.29 is 58.2 Å². The van der Waals surface area contributed by atoms with E-state index >= 15 is 0 Å². The number of imide groups is 2. The summed E-state index contributed by atoms with van der Waals surface area (Å²) in [5.41, 5.74) is 0. The number of amides is 6. The Morgan fingerprint density at radius 3 is 1.28 bits per heavy atom. The Kier molecular flexibility index (Phi) is 10.4. The van der Waals surface area contributed by atoms with Crippen LogP contribution in [-0.2, 0) is 48.0 Å². The molecule has 2 unspecified atom stereocenters. The molecule has 2 saturated heterocycles. The summed E-state index contributed by atoms with van der Waals surface area (Å²) < 4.78 is 0. The van der Waals surface area contributed by atoms with Gasteiger partial charge in [-0.15, -0.1) is 10.1 Å². The summed E-state index contributed by atoms with van der Waals surface area (Å²) >= 11 is 0. The van der Waals surface area contributed by atoms with Gasteiger partial charge in [0.05, 0.1) is 0 Å². The Balaban J connectivity index is 1.59. The number of aliphatic hydroxyl groups excluding tert-OH is 2. The second kappa shape index (κ2) is 13.2. The van der Waals surface area contributed by atoms with E-state index in [0.29, 0.717) is 10.1 Å². The molecule has 2 atom stereocenters. The van der Waals surface area contributed by atoms with Crippen LogP contribution in [0.25, 0.3) is 0 Å². The molecule has 36 heavy (non-hydrogen) atoms. The van der Waals surface area contributed by atoms with Crippen molar-refractivity contribution in [1.29, 1.82) is 0 Å². The van der Waals surface area contributed by atoms with Crippen LogP contribution in [0.3, 0.4) is 0 Å². The maximum atomic E-state index is 11.9. The van der Waals surface area contributed by atoms with Gasteiger partial charge in [0.25, 0.3) is 35.4 Å². The first-order chi connectivity index (χ1) is 17.0. The number of aliphatic hydroxyl groups is 2. The SMILES string of the molecule is O=C(CCCNC(=O)C(O)C(O)C(=O)NCCCC(=O)ON1C(=O)CCC1=O)ON1C(=O)CCC1=O. The molecule has 6 amide bonds. The molecular formula is C20H26N4O12. The molecule has 0 aromatic carbocycles. The number of carbonyl (C=O) groups excluding carboxylic acids is 8. The van der Waals surface area contributed by atoms with E-state index in [0.717, 1.165) is 0 Å². The third-order valence-corrected chi connectivity index (χ3v) is 4.95. The highest BCUT2D eigenvalue weighted by atomic mass is 16.7. The molecule has 0 bridgehead atoms. The highest BCUT2D eigenvalue weighted by Gasteiger charge is 2.34. The standard InChI is InChI=1S/C20H26N4O12/c25-11-5-6-12(26)23(11)35-15(29)3-1-9-21-19(33)17(31)18(32)20(34)22-10-2-4-16(30)36-24-13(27)7-8-14(24)28/h17-18,31-32H,1-10H2,(H,21,33)(H,22,34). The van der Waals surface area contributed by atoms with Crippen LogP contribution in [-0.4, -0.2) is 93.0 Å². The molecule has 0 aliphatic carbocycles. The van der Waals surface area contributed by atoms with Gasteiger partial charge in [0, 0.05) is 51.6 Å². The Morgan fingerprint density at radius 2 is 0.972 bits per heavy atom. The molecule has 2 rings (SSSR count). The van der Waals surface area contributed by atoms with Crippen molar-refractivity contribution in [2.24, 2.45) is 0 Å². The second-order valence-electron chi connectivity index (χ2n) is 7.77. The summed E-state index contributed by atoms with van der Waals surface area (Å²) in [6.45, 7) is -0.295. The molecule has 2 aliphatic heterocycles. The molecular weight excluding hydrogens is 488 g/mol. The fraction of sp³-hybridized carbons (Fsp3) is 0.600. The topological polar surface area (TPSA) is 226 Å². The minimum atomic E-state index is -2.13. The van der Waals surface area contributed by atoms with Gasteiger partial charge in [-0.1, -0.05) is 0 Å². The number of carbonyl (C=O) groups is 8. The monoisotopic (exact) mass is 514 g/mol. The Bertz CT molecular complexity index is 830. The second-order valence-corrected chi connectivity index (χ2v) is 7.77. The van der Waals surface area contributed by atoms with E-state index in [2.05, 4.69) is 20.3 Å². The average molecular weight is 514 g/mol. The molecule has 16 nitrogen and oxygen atoms in total. The summed E-state index contributed by atoms with van der Waals surface area (Å²) in [5, 5.41) is 24.8. The molecule has 0 saturated carbocycles. The van der Waals surface area contributed by atoms with Crippen LogP contribution < -0.4 is 10.6 Å². The first-order valence-corrected chi connectivity index (χ1v) is 11.1. The maximum absolute atomic E-state index is 11.9. The van der Waals surface area contributed by atoms with E-state index in [4.69, 9.17) is 0 Å². The zero-order valence-corrected chi connectivity index (χ0v) is 19.1. The van der Waals surface area contributed by atoms with Crippen LogP contribution in [0.2, 0.25) is 0 Å². The zero-order chi connectivity index (χ0) is 26.8. The molecule has 2 heterocycles. The molecule has 198 valence electrons. The van der Waals surface area contributed by atoms with Gasteiger partial charge in [0.15, 0.2) is 12.2 Å². The largest absolute Gasteiger partial charge is 0.380 e. The first-order valence-electron chi connectivity index (χ1n) is 11.1. The lowest BCUT2D eigenvalue weighted by Crippen LogP contribution is -2.49. The van der Waals surface area contributed by atoms with Gasteiger partial charge in [0.1, 0.15) is 0 Å². The molecule has 0 spiro atoms. The lowest BCUT2D eigenvalue weighted by molar-refractivity contribution is -0.197. The summed E-state index contributed by atoms with van der Waals surface area (Å²) in [6, 6.07) is 0. The number of hydrogen-bond donors (Lipinski definition) is 4. The molecule has 0 aromatic heterocycles. The van der Waals surface area contributed by atoms with E-state index in [1.807, 2.05) is 0 Å². The quantitative estimate of drug-likeness (QED) is 0.140. The molecule has 0 aromatic rings. The summed E-state index contributed by atoms with van der Waals surface area (Å²) in [5.74, 6) is -6.48. The van der Waals surface area contributed by atoms with E-state index in [-0.39, 0.29) is 64.5 Å². The van der Waals surface area contributed by atoms with E-state index in [1.54, 1.807) is 0 Å². The number of hydroxylamine groups is 4. The Labute approximate surface area is 203 Å². The van der Waals surface area contributed by atoms with E-state index in [9.17, 15) is 48.6 Å². The van der Waals surface area contributed by atoms with Crippen molar-refractivity contribution >= 4 is 47.4 Å². The molecule has 0 radical (unpaired) electrons. The predicted octanol–water partition coefficient (Wildman–Crippen LogP) is -3.28. The normalized spacial score (nSPS) is 17.2. The molecule has 2 aliphatic rings. The van der Waals surface area contributed by atoms with Gasteiger partial charge in [-0.3, -0.25) is 28.8 Å². The van der Waals surface area contributed by atoms with Gasteiger partial charge in [-0.25, -0.2) is 9.59 Å². The van der Waals surface area contributed by atoms with Gasteiger partial charge in [0.2, 0.25) is 0 Å². The number of hydrogen-bond acceptors (Lipinski definition) is 12.